The van der Waals surface area contributed by atoms with Crippen LogP contribution in [-0.4, -0.2) is 44.1 Å². The van der Waals surface area contributed by atoms with E-state index in [0.717, 1.165) is 6.08 Å². The maximum Gasteiger partial charge on any atom is 0.460 e. The van der Waals surface area contributed by atoms with Gasteiger partial charge in [0.1, 0.15) is 0 Å². The van der Waals surface area contributed by atoms with Gasteiger partial charge in [-0.3, -0.25) is 0 Å². The fourth-order valence-corrected chi connectivity index (χ4v) is 3.44. The first-order valence-corrected chi connectivity index (χ1v) is 11.2. The summed E-state index contributed by atoms with van der Waals surface area (Å²) >= 11 is 0. The molecule has 0 fully saturated rings. The van der Waals surface area contributed by atoms with Gasteiger partial charge < -0.3 is 4.43 Å². The van der Waals surface area contributed by atoms with Gasteiger partial charge in [-0.2, -0.15) is 57.1 Å². The molecule has 1 unspecified atom stereocenters. The van der Waals surface area contributed by atoms with E-state index in [9.17, 15) is 57.1 Å². The van der Waals surface area contributed by atoms with E-state index in [0.29, 0.717) is 0 Å². The molecule has 0 N–H and O–H groups in total. The summed E-state index contributed by atoms with van der Waals surface area (Å²) in [6, 6.07) is 0. The normalized spacial score (nSPS) is 20.7. The summed E-state index contributed by atoms with van der Waals surface area (Å²) in [5, 5.41) is 0. The largest absolute Gasteiger partial charge is 0.547 e. The molecule has 15 heteroatoms. The van der Waals surface area contributed by atoms with Gasteiger partial charge in [0.15, 0.2) is 0 Å². The fourth-order valence-electron chi connectivity index (χ4n) is 2.50. The van der Waals surface area contributed by atoms with Gasteiger partial charge in [0.25, 0.3) is 0 Å². The number of allylic oxidation sites excluding steroid dienone is 2. The average molecular weight is 474 g/mol. The Morgan fingerprint density at radius 2 is 1.14 bits per heavy atom. The van der Waals surface area contributed by atoms with Crippen molar-refractivity contribution >= 4 is 8.32 Å². The molecule has 0 spiro atoms. The SMILES string of the molecule is C[Si](C)(C)OC1=CCCC1C(F)(F)C(F)(F)C(F)(F)C(F)(F)C(F)(F)C(F)(F)F. The van der Waals surface area contributed by atoms with Crippen LogP contribution >= 0.6 is 0 Å². The van der Waals surface area contributed by atoms with E-state index in [2.05, 4.69) is 0 Å². The molecule has 172 valence electrons. The summed E-state index contributed by atoms with van der Waals surface area (Å²) in [5.74, 6) is -40.6. The lowest BCUT2D eigenvalue weighted by molar-refractivity contribution is -0.442. The quantitative estimate of drug-likeness (QED) is 0.289. The predicted octanol–water partition coefficient (Wildman–Crippen LogP) is 6.87. The van der Waals surface area contributed by atoms with Crippen molar-refractivity contribution in [3.05, 3.63) is 11.8 Å². The van der Waals surface area contributed by atoms with E-state index >= 15 is 0 Å². The number of rotatable bonds is 7. The van der Waals surface area contributed by atoms with Crippen LogP contribution in [0, 0.1) is 5.92 Å². The van der Waals surface area contributed by atoms with Gasteiger partial charge in [-0.05, 0) is 38.6 Å². The molecule has 1 aliphatic rings. The maximum atomic E-state index is 14.2. The van der Waals surface area contributed by atoms with Crippen molar-refractivity contribution in [3.63, 3.8) is 0 Å². The minimum absolute atomic E-state index is 0.420. The van der Waals surface area contributed by atoms with Gasteiger partial charge in [0.2, 0.25) is 8.32 Å². The number of hydrogen-bond acceptors (Lipinski definition) is 1. The first kappa shape index (κ1) is 25.9. The monoisotopic (exact) mass is 474 g/mol. The van der Waals surface area contributed by atoms with Crippen LogP contribution in [0.1, 0.15) is 12.8 Å². The summed E-state index contributed by atoms with van der Waals surface area (Å²) in [6.45, 7) is 4.14. The molecule has 1 aliphatic carbocycles. The minimum Gasteiger partial charge on any atom is -0.547 e. The molecule has 1 rings (SSSR count). The smallest absolute Gasteiger partial charge is 0.460 e. The van der Waals surface area contributed by atoms with Crippen LogP contribution in [-0.2, 0) is 4.43 Å². The van der Waals surface area contributed by atoms with E-state index in [4.69, 9.17) is 4.43 Å². The lowest BCUT2D eigenvalue weighted by atomic mass is 9.86. The number of alkyl halides is 13. The molecule has 0 radical (unpaired) electrons. The first-order chi connectivity index (χ1) is 12.5. The summed E-state index contributed by atoms with van der Waals surface area (Å²) in [5.41, 5.74) is 0. The van der Waals surface area contributed by atoms with E-state index in [-0.39, 0.29) is 0 Å². The van der Waals surface area contributed by atoms with Gasteiger partial charge in [-0.25, -0.2) is 0 Å². The van der Waals surface area contributed by atoms with Gasteiger partial charge in [0, 0.05) is 0 Å². The zero-order valence-corrected chi connectivity index (χ0v) is 15.9. The highest BCUT2D eigenvalue weighted by molar-refractivity contribution is 6.70. The number of hydrogen-bond donors (Lipinski definition) is 0. The zero-order chi connectivity index (χ0) is 23.5. The van der Waals surface area contributed by atoms with Crippen molar-refractivity contribution in [2.75, 3.05) is 0 Å². The molecule has 0 heterocycles. The van der Waals surface area contributed by atoms with E-state index in [1.165, 1.54) is 19.6 Å². The molecule has 0 saturated heterocycles. The van der Waals surface area contributed by atoms with E-state index < -0.39 is 68.6 Å². The van der Waals surface area contributed by atoms with Crippen LogP contribution in [0.25, 0.3) is 0 Å². The molecule has 0 aliphatic heterocycles. The second kappa shape index (κ2) is 6.94. The Labute approximate surface area is 157 Å². The van der Waals surface area contributed by atoms with Crippen LogP contribution in [0.3, 0.4) is 0 Å². The molecule has 0 saturated carbocycles. The van der Waals surface area contributed by atoms with E-state index in [1.54, 1.807) is 0 Å². The third-order valence-corrected chi connectivity index (χ3v) is 4.81. The maximum absolute atomic E-state index is 14.2. The Kier molecular flexibility index (Phi) is 6.19. The van der Waals surface area contributed by atoms with Crippen molar-refractivity contribution in [2.24, 2.45) is 5.92 Å². The van der Waals surface area contributed by atoms with Gasteiger partial charge in [0.05, 0.1) is 11.7 Å². The lowest BCUT2D eigenvalue weighted by Gasteiger charge is -2.42. The van der Waals surface area contributed by atoms with Crippen molar-refractivity contribution in [3.8, 4) is 0 Å². The zero-order valence-electron chi connectivity index (χ0n) is 14.9. The van der Waals surface area contributed by atoms with Gasteiger partial charge in [-0.15, -0.1) is 0 Å². The molecule has 0 aromatic heterocycles. The van der Waals surface area contributed by atoms with Crippen molar-refractivity contribution < 1.29 is 61.5 Å². The Bertz CT molecular complexity index is 645. The van der Waals surface area contributed by atoms with Crippen LogP contribution in [0.4, 0.5) is 57.1 Å². The predicted molar refractivity (Wildman–Crippen MR) is 76.0 cm³/mol. The third-order valence-electron chi connectivity index (χ3n) is 3.96. The Morgan fingerprint density at radius 1 is 0.724 bits per heavy atom. The first-order valence-electron chi connectivity index (χ1n) is 7.80. The average Bonchev–Trinajstić information content (AvgIpc) is 2.91. The van der Waals surface area contributed by atoms with Gasteiger partial charge in [-0.1, -0.05) is 0 Å². The molecule has 0 aromatic rings. The molecule has 1 nitrogen and oxygen atoms in total. The molecular weight excluding hydrogens is 459 g/mol. The van der Waals surface area contributed by atoms with Crippen molar-refractivity contribution in [1.82, 2.24) is 0 Å². The Balaban J connectivity index is 3.45. The molecule has 29 heavy (non-hydrogen) atoms. The van der Waals surface area contributed by atoms with Crippen LogP contribution in [0.2, 0.25) is 19.6 Å². The highest BCUT2D eigenvalue weighted by atomic mass is 28.4. The standard InChI is InChI=1S/C14H15F13OSi/c1-29(2,3)28-8-6-4-5-7(8)9(15,16)10(17,18)11(19,20)12(21,22)13(23,24)14(25,26)27/h6-7H,4-5H2,1-3H3. The highest BCUT2D eigenvalue weighted by Crippen LogP contribution is 2.62. The van der Waals surface area contributed by atoms with Crippen molar-refractivity contribution in [1.29, 1.82) is 0 Å². The number of halogens is 13. The summed E-state index contributed by atoms with van der Waals surface area (Å²) in [7, 11) is -2.79. The molecule has 1 atom stereocenters. The lowest BCUT2D eigenvalue weighted by Crippen LogP contribution is -2.71. The topological polar surface area (TPSA) is 9.23 Å². The minimum atomic E-state index is -7.88. The summed E-state index contributed by atoms with van der Waals surface area (Å²) < 4.78 is 177. The summed E-state index contributed by atoms with van der Waals surface area (Å²) in [6.07, 6.45) is -8.02. The molecule has 0 aromatic carbocycles. The highest BCUT2D eigenvalue weighted by Gasteiger charge is 2.91. The van der Waals surface area contributed by atoms with Crippen LogP contribution < -0.4 is 0 Å². The second-order valence-corrected chi connectivity index (χ2v) is 11.8. The molecular formula is C14H15F13OSi. The third kappa shape index (κ3) is 3.94. The Morgan fingerprint density at radius 3 is 1.52 bits per heavy atom. The molecule has 0 amide bonds. The fraction of sp³-hybridized carbons (Fsp3) is 0.857. The Hall–Kier alpha value is -1.15. The van der Waals surface area contributed by atoms with E-state index in [1.807, 2.05) is 0 Å². The van der Waals surface area contributed by atoms with Crippen LogP contribution in [0.5, 0.6) is 0 Å². The molecule has 0 bridgehead atoms. The van der Waals surface area contributed by atoms with Gasteiger partial charge >= 0.3 is 35.8 Å². The van der Waals surface area contributed by atoms with Crippen LogP contribution in [0.15, 0.2) is 11.8 Å². The summed E-state index contributed by atoms with van der Waals surface area (Å²) in [4.78, 5) is 0. The van der Waals surface area contributed by atoms with Crippen molar-refractivity contribution in [2.45, 2.75) is 68.3 Å². The second-order valence-electron chi connectivity index (χ2n) is 7.37.